The van der Waals surface area contributed by atoms with E-state index in [1.54, 1.807) is 12.1 Å². The van der Waals surface area contributed by atoms with Gasteiger partial charge in [0.2, 0.25) is 0 Å². The molecule has 1 nitrogen and oxygen atoms in total. The third-order valence-electron chi connectivity index (χ3n) is 4.23. The van der Waals surface area contributed by atoms with Crippen LogP contribution in [-0.4, -0.2) is 5.11 Å². The van der Waals surface area contributed by atoms with Crippen molar-refractivity contribution in [2.24, 2.45) is 0 Å². The SMILES string of the molecule is Oc1ccc(C2=C(c3ccccc3)c3ccccc3C2)cc1. The van der Waals surface area contributed by atoms with E-state index in [2.05, 4.69) is 48.5 Å². The second-order valence-corrected chi connectivity index (χ2v) is 5.60. The quantitative estimate of drug-likeness (QED) is 0.709. The van der Waals surface area contributed by atoms with Gasteiger partial charge in [-0.1, -0.05) is 66.7 Å². The first-order chi connectivity index (χ1) is 10.8. The van der Waals surface area contributed by atoms with E-state index in [4.69, 9.17) is 0 Å². The van der Waals surface area contributed by atoms with Crippen LogP contribution in [0, 0.1) is 0 Å². The minimum atomic E-state index is 0.307. The average Bonchev–Trinajstić information content (AvgIpc) is 2.96. The second kappa shape index (κ2) is 5.19. The summed E-state index contributed by atoms with van der Waals surface area (Å²) in [5.74, 6) is 0.307. The zero-order valence-electron chi connectivity index (χ0n) is 12.2. The van der Waals surface area contributed by atoms with Crippen LogP contribution in [-0.2, 0) is 6.42 Å². The summed E-state index contributed by atoms with van der Waals surface area (Å²) in [6, 6.07) is 26.6. The molecule has 106 valence electrons. The van der Waals surface area contributed by atoms with E-state index in [9.17, 15) is 5.11 Å². The molecule has 0 saturated heterocycles. The molecule has 1 heteroatoms. The lowest BCUT2D eigenvalue weighted by atomic mass is 9.94. The zero-order valence-corrected chi connectivity index (χ0v) is 12.2. The lowest BCUT2D eigenvalue weighted by Crippen LogP contribution is -1.89. The molecule has 1 aliphatic carbocycles. The summed E-state index contributed by atoms with van der Waals surface area (Å²) in [7, 11) is 0. The van der Waals surface area contributed by atoms with Gasteiger partial charge in [-0.2, -0.15) is 0 Å². The van der Waals surface area contributed by atoms with Crippen LogP contribution in [0.1, 0.15) is 22.3 Å². The standard InChI is InChI=1S/C21H16O/c22-18-12-10-15(11-13-18)20-14-17-8-4-5-9-19(17)21(20)16-6-2-1-3-7-16/h1-13,22H,14H2. The highest BCUT2D eigenvalue weighted by Gasteiger charge is 2.23. The highest BCUT2D eigenvalue weighted by molar-refractivity contribution is 6.03. The molecule has 1 aliphatic rings. The Hall–Kier alpha value is -2.80. The van der Waals surface area contributed by atoms with Crippen LogP contribution in [0.5, 0.6) is 5.75 Å². The molecule has 22 heavy (non-hydrogen) atoms. The lowest BCUT2D eigenvalue weighted by Gasteiger charge is -2.09. The van der Waals surface area contributed by atoms with Gasteiger partial charge in [-0.15, -0.1) is 0 Å². The molecule has 0 bridgehead atoms. The summed E-state index contributed by atoms with van der Waals surface area (Å²) >= 11 is 0. The van der Waals surface area contributed by atoms with Gasteiger partial charge in [0.25, 0.3) is 0 Å². The van der Waals surface area contributed by atoms with Gasteiger partial charge in [0.1, 0.15) is 5.75 Å². The number of phenols is 1. The number of aromatic hydroxyl groups is 1. The number of benzene rings is 3. The van der Waals surface area contributed by atoms with Crippen LogP contribution in [0.4, 0.5) is 0 Å². The molecule has 0 atom stereocenters. The summed E-state index contributed by atoms with van der Waals surface area (Å²) in [4.78, 5) is 0. The minimum absolute atomic E-state index is 0.307. The average molecular weight is 284 g/mol. The van der Waals surface area contributed by atoms with Gasteiger partial charge < -0.3 is 5.11 Å². The molecule has 0 radical (unpaired) electrons. The van der Waals surface area contributed by atoms with Gasteiger partial charge in [-0.3, -0.25) is 0 Å². The number of rotatable bonds is 2. The van der Waals surface area contributed by atoms with E-state index in [1.807, 2.05) is 18.2 Å². The van der Waals surface area contributed by atoms with Crippen LogP contribution >= 0.6 is 0 Å². The number of fused-ring (bicyclic) bond motifs is 1. The van der Waals surface area contributed by atoms with Crippen molar-refractivity contribution in [2.45, 2.75) is 6.42 Å². The van der Waals surface area contributed by atoms with Gasteiger partial charge >= 0.3 is 0 Å². The summed E-state index contributed by atoms with van der Waals surface area (Å²) in [5, 5.41) is 9.54. The fraction of sp³-hybridized carbons (Fsp3) is 0.0476. The van der Waals surface area contributed by atoms with Crippen LogP contribution in [0.15, 0.2) is 78.9 Å². The van der Waals surface area contributed by atoms with E-state index >= 15 is 0 Å². The Morgan fingerprint density at radius 1 is 0.636 bits per heavy atom. The molecule has 0 heterocycles. The van der Waals surface area contributed by atoms with Gasteiger partial charge in [0.05, 0.1) is 0 Å². The molecule has 0 spiro atoms. The van der Waals surface area contributed by atoms with Crippen molar-refractivity contribution in [3.05, 3.63) is 101 Å². The van der Waals surface area contributed by atoms with E-state index in [1.165, 1.54) is 33.4 Å². The first-order valence-corrected chi connectivity index (χ1v) is 7.49. The van der Waals surface area contributed by atoms with E-state index in [0.717, 1.165) is 6.42 Å². The first-order valence-electron chi connectivity index (χ1n) is 7.49. The van der Waals surface area contributed by atoms with Crippen LogP contribution in [0.3, 0.4) is 0 Å². The lowest BCUT2D eigenvalue weighted by molar-refractivity contribution is 0.475. The van der Waals surface area contributed by atoms with Crippen LogP contribution < -0.4 is 0 Å². The van der Waals surface area contributed by atoms with Crippen molar-refractivity contribution < 1.29 is 5.11 Å². The summed E-state index contributed by atoms with van der Waals surface area (Å²) in [6.45, 7) is 0. The molecular formula is C21H16O. The maximum Gasteiger partial charge on any atom is 0.115 e. The predicted molar refractivity (Wildman–Crippen MR) is 90.6 cm³/mol. The minimum Gasteiger partial charge on any atom is -0.508 e. The number of allylic oxidation sites excluding steroid dienone is 1. The molecule has 0 fully saturated rings. The Morgan fingerprint density at radius 3 is 2.09 bits per heavy atom. The van der Waals surface area contributed by atoms with Crippen molar-refractivity contribution in [1.82, 2.24) is 0 Å². The molecule has 0 unspecified atom stereocenters. The van der Waals surface area contributed by atoms with Crippen molar-refractivity contribution in [3.63, 3.8) is 0 Å². The molecule has 0 aliphatic heterocycles. The summed E-state index contributed by atoms with van der Waals surface area (Å²) in [6.07, 6.45) is 0.936. The highest BCUT2D eigenvalue weighted by Crippen LogP contribution is 2.42. The molecule has 0 aromatic heterocycles. The highest BCUT2D eigenvalue weighted by atomic mass is 16.3. The number of hydrogen-bond donors (Lipinski definition) is 1. The zero-order chi connectivity index (χ0) is 14.9. The maximum atomic E-state index is 9.54. The van der Waals surface area contributed by atoms with Gasteiger partial charge in [-0.25, -0.2) is 0 Å². The molecule has 3 aromatic rings. The smallest absolute Gasteiger partial charge is 0.115 e. The molecule has 4 rings (SSSR count). The van der Waals surface area contributed by atoms with Gasteiger partial charge in [0.15, 0.2) is 0 Å². The van der Waals surface area contributed by atoms with Gasteiger partial charge in [-0.05, 0) is 52.0 Å². The maximum absolute atomic E-state index is 9.54. The third kappa shape index (κ3) is 2.11. The Morgan fingerprint density at radius 2 is 1.32 bits per heavy atom. The van der Waals surface area contributed by atoms with Gasteiger partial charge in [0, 0.05) is 0 Å². The molecule has 3 aromatic carbocycles. The molecule has 0 saturated carbocycles. The topological polar surface area (TPSA) is 20.2 Å². The second-order valence-electron chi connectivity index (χ2n) is 5.60. The van der Waals surface area contributed by atoms with E-state index < -0.39 is 0 Å². The predicted octanol–water partition coefficient (Wildman–Crippen LogP) is 4.91. The Kier molecular flexibility index (Phi) is 3.05. The van der Waals surface area contributed by atoms with Crippen LogP contribution in [0.25, 0.3) is 11.1 Å². The van der Waals surface area contributed by atoms with Crippen LogP contribution in [0.2, 0.25) is 0 Å². The van der Waals surface area contributed by atoms with E-state index in [0.29, 0.717) is 5.75 Å². The normalized spacial score (nSPS) is 13.3. The van der Waals surface area contributed by atoms with Crippen molar-refractivity contribution in [1.29, 1.82) is 0 Å². The molecule has 0 amide bonds. The third-order valence-corrected chi connectivity index (χ3v) is 4.23. The Bertz CT molecular complexity index is 843. The fourth-order valence-electron chi connectivity index (χ4n) is 3.20. The van der Waals surface area contributed by atoms with E-state index in [-0.39, 0.29) is 0 Å². The number of hydrogen-bond acceptors (Lipinski definition) is 1. The largest absolute Gasteiger partial charge is 0.508 e. The first kappa shape index (κ1) is 12.9. The van der Waals surface area contributed by atoms with Crippen molar-refractivity contribution >= 4 is 11.1 Å². The Labute approximate surface area is 130 Å². The number of phenolic OH excluding ortho intramolecular Hbond substituents is 1. The monoisotopic (exact) mass is 284 g/mol. The Balaban J connectivity index is 1.95. The van der Waals surface area contributed by atoms with Crippen molar-refractivity contribution in [3.8, 4) is 5.75 Å². The van der Waals surface area contributed by atoms with Crippen molar-refractivity contribution in [2.75, 3.05) is 0 Å². The molecular weight excluding hydrogens is 268 g/mol. The fourth-order valence-corrected chi connectivity index (χ4v) is 3.20. The molecule has 1 N–H and O–H groups in total. The summed E-state index contributed by atoms with van der Waals surface area (Å²) < 4.78 is 0. The summed E-state index contributed by atoms with van der Waals surface area (Å²) in [5.41, 5.74) is 7.74.